The Morgan fingerprint density at radius 1 is 1.04 bits per heavy atom. The Labute approximate surface area is 165 Å². The van der Waals surface area contributed by atoms with Gasteiger partial charge < -0.3 is 14.5 Å². The fourth-order valence-electron chi connectivity index (χ4n) is 3.61. The number of pyridine rings is 1. The molecule has 144 valence electrons. The summed E-state index contributed by atoms with van der Waals surface area (Å²) >= 11 is 0. The van der Waals surface area contributed by atoms with Gasteiger partial charge in [0.05, 0.1) is 0 Å². The van der Waals surface area contributed by atoms with Crippen molar-refractivity contribution in [3.05, 3.63) is 66.4 Å². The summed E-state index contributed by atoms with van der Waals surface area (Å²) < 4.78 is 6.24. The Bertz CT molecular complexity index is 956. The van der Waals surface area contributed by atoms with Crippen molar-refractivity contribution in [3.63, 3.8) is 0 Å². The molecule has 0 saturated carbocycles. The van der Waals surface area contributed by atoms with Crippen molar-refractivity contribution in [2.24, 2.45) is 0 Å². The molecule has 28 heavy (non-hydrogen) atoms. The number of hydrogen-bond acceptors (Lipinski definition) is 4. The molecule has 0 N–H and O–H groups in total. The molecule has 1 amide bonds. The van der Waals surface area contributed by atoms with Crippen molar-refractivity contribution >= 4 is 22.5 Å². The van der Waals surface area contributed by atoms with Gasteiger partial charge in [0.15, 0.2) is 0 Å². The maximum atomic E-state index is 12.8. The first-order valence-corrected chi connectivity index (χ1v) is 9.69. The van der Waals surface area contributed by atoms with Crippen molar-refractivity contribution in [3.8, 4) is 5.75 Å². The van der Waals surface area contributed by atoms with Crippen molar-refractivity contribution < 1.29 is 9.53 Å². The molecule has 0 atom stereocenters. The number of rotatable bonds is 4. The highest BCUT2D eigenvalue weighted by Crippen LogP contribution is 2.27. The molecule has 5 heteroatoms. The topological polar surface area (TPSA) is 45.7 Å². The molecule has 3 aromatic rings. The number of para-hydroxylation sites is 1. The van der Waals surface area contributed by atoms with Crippen LogP contribution in [0.4, 0.5) is 5.69 Å². The summed E-state index contributed by atoms with van der Waals surface area (Å²) in [7, 11) is 3.99. The number of nitrogens with zero attached hydrogens (tertiary/aromatic N) is 3. The minimum Gasteiger partial charge on any atom is -0.488 e. The second kappa shape index (κ2) is 7.89. The van der Waals surface area contributed by atoms with E-state index in [-0.39, 0.29) is 12.0 Å². The van der Waals surface area contributed by atoms with E-state index >= 15 is 0 Å². The summed E-state index contributed by atoms with van der Waals surface area (Å²) in [6, 6.07) is 17.8. The van der Waals surface area contributed by atoms with E-state index in [9.17, 15) is 4.79 Å². The zero-order chi connectivity index (χ0) is 19.5. The SMILES string of the molecule is CN(C)c1ccc(C(=O)N2CCC(Oc3cccc4cccnc34)CC2)cc1. The van der Waals surface area contributed by atoms with Gasteiger partial charge in [-0.2, -0.15) is 0 Å². The van der Waals surface area contributed by atoms with Crippen LogP contribution < -0.4 is 9.64 Å². The minimum atomic E-state index is 0.0931. The molecule has 4 rings (SSSR count). The molecule has 1 aromatic heterocycles. The molecule has 1 saturated heterocycles. The number of piperidine rings is 1. The fourth-order valence-corrected chi connectivity index (χ4v) is 3.61. The monoisotopic (exact) mass is 375 g/mol. The Morgan fingerprint density at radius 3 is 2.46 bits per heavy atom. The number of hydrogen-bond donors (Lipinski definition) is 0. The first kappa shape index (κ1) is 18.3. The van der Waals surface area contributed by atoms with Crippen LogP contribution in [-0.4, -0.2) is 49.1 Å². The molecular weight excluding hydrogens is 350 g/mol. The van der Waals surface area contributed by atoms with Crippen LogP contribution in [0.1, 0.15) is 23.2 Å². The molecule has 2 aromatic carbocycles. The average molecular weight is 375 g/mol. The number of fused-ring (bicyclic) bond motifs is 1. The number of amides is 1. The summed E-state index contributed by atoms with van der Waals surface area (Å²) in [4.78, 5) is 21.2. The van der Waals surface area contributed by atoms with Gasteiger partial charge in [0.2, 0.25) is 0 Å². The molecule has 0 bridgehead atoms. The van der Waals surface area contributed by atoms with Gasteiger partial charge in [-0.15, -0.1) is 0 Å². The van der Waals surface area contributed by atoms with E-state index in [4.69, 9.17) is 4.74 Å². The van der Waals surface area contributed by atoms with Gasteiger partial charge >= 0.3 is 0 Å². The first-order chi connectivity index (χ1) is 13.6. The van der Waals surface area contributed by atoms with E-state index < -0.39 is 0 Å². The summed E-state index contributed by atoms with van der Waals surface area (Å²) in [6.45, 7) is 1.41. The highest BCUT2D eigenvalue weighted by Gasteiger charge is 2.25. The molecule has 2 heterocycles. The lowest BCUT2D eigenvalue weighted by Gasteiger charge is -2.32. The van der Waals surface area contributed by atoms with E-state index in [0.29, 0.717) is 13.1 Å². The lowest BCUT2D eigenvalue weighted by atomic mass is 10.1. The van der Waals surface area contributed by atoms with Crippen LogP contribution in [-0.2, 0) is 0 Å². The van der Waals surface area contributed by atoms with Gasteiger partial charge in [0.1, 0.15) is 17.4 Å². The van der Waals surface area contributed by atoms with E-state index in [0.717, 1.165) is 40.7 Å². The highest BCUT2D eigenvalue weighted by molar-refractivity contribution is 5.94. The lowest BCUT2D eigenvalue weighted by molar-refractivity contribution is 0.0597. The number of carbonyl (C=O) groups is 1. The normalized spacial score (nSPS) is 14.9. The highest BCUT2D eigenvalue weighted by atomic mass is 16.5. The van der Waals surface area contributed by atoms with Crippen molar-refractivity contribution in [2.75, 3.05) is 32.1 Å². The predicted molar refractivity (Wildman–Crippen MR) is 112 cm³/mol. The van der Waals surface area contributed by atoms with Crippen LogP contribution >= 0.6 is 0 Å². The second-order valence-electron chi connectivity index (χ2n) is 7.38. The molecular formula is C23H25N3O2. The third kappa shape index (κ3) is 3.79. The third-order valence-electron chi connectivity index (χ3n) is 5.25. The van der Waals surface area contributed by atoms with E-state index in [2.05, 4.69) is 4.98 Å². The van der Waals surface area contributed by atoms with Crippen LogP contribution in [0.2, 0.25) is 0 Å². The summed E-state index contributed by atoms with van der Waals surface area (Å²) in [6.07, 6.45) is 3.54. The Kier molecular flexibility index (Phi) is 5.15. The van der Waals surface area contributed by atoms with E-state index in [1.807, 2.05) is 78.5 Å². The van der Waals surface area contributed by atoms with Crippen molar-refractivity contribution in [1.82, 2.24) is 9.88 Å². The number of ether oxygens (including phenoxy) is 1. The lowest BCUT2D eigenvalue weighted by Crippen LogP contribution is -2.41. The Balaban J connectivity index is 1.38. The summed E-state index contributed by atoms with van der Waals surface area (Å²) in [5.41, 5.74) is 2.72. The van der Waals surface area contributed by atoms with Gasteiger partial charge in [0.25, 0.3) is 5.91 Å². The Hall–Kier alpha value is -3.08. The number of aromatic nitrogens is 1. The average Bonchev–Trinajstić information content (AvgIpc) is 2.74. The zero-order valence-electron chi connectivity index (χ0n) is 16.3. The van der Waals surface area contributed by atoms with E-state index in [1.54, 1.807) is 6.20 Å². The smallest absolute Gasteiger partial charge is 0.253 e. The second-order valence-corrected chi connectivity index (χ2v) is 7.38. The molecule has 5 nitrogen and oxygen atoms in total. The number of anilines is 1. The van der Waals surface area contributed by atoms with Crippen LogP contribution in [0.5, 0.6) is 5.75 Å². The van der Waals surface area contributed by atoms with Gasteiger partial charge in [-0.05, 0) is 36.4 Å². The number of likely N-dealkylation sites (tertiary alicyclic amines) is 1. The molecule has 0 aliphatic carbocycles. The fraction of sp³-hybridized carbons (Fsp3) is 0.304. The molecule has 0 radical (unpaired) electrons. The van der Waals surface area contributed by atoms with Gasteiger partial charge in [-0.3, -0.25) is 9.78 Å². The van der Waals surface area contributed by atoms with Crippen LogP contribution in [0.25, 0.3) is 10.9 Å². The van der Waals surface area contributed by atoms with Crippen LogP contribution in [0.15, 0.2) is 60.8 Å². The molecule has 0 spiro atoms. The maximum absolute atomic E-state index is 12.8. The molecule has 1 aliphatic heterocycles. The minimum absolute atomic E-state index is 0.0931. The predicted octanol–water partition coefficient (Wildman–Crippen LogP) is 3.98. The molecule has 0 unspecified atom stereocenters. The van der Waals surface area contributed by atoms with Crippen LogP contribution in [0.3, 0.4) is 0 Å². The van der Waals surface area contributed by atoms with Gasteiger partial charge in [-0.25, -0.2) is 0 Å². The zero-order valence-corrected chi connectivity index (χ0v) is 16.3. The first-order valence-electron chi connectivity index (χ1n) is 9.69. The number of carbonyl (C=O) groups excluding carboxylic acids is 1. The number of benzene rings is 2. The quantitative estimate of drug-likeness (QED) is 0.692. The van der Waals surface area contributed by atoms with Crippen molar-refractivity contribution in [2.45, 2.75) is 18.9 Å². The standard InChI is InChI=1S/C23H25N3O2/c1-25(2)19-10-8-18(9-11-19)23(27)26-15-12-20(13-16-26)28-21-7-3-5-17-6-4-14-24-22(17)21/h3-11,14,20H,12-13,15-16H2,1-2H3. The largest absolute Gasteiger partial charge is 0.488 e. The molecule has 1 fully saturated rings. The summed E-state index contributed by atoms with van der Waals surface area (Å²) in [5, 5.41) is 1.08. The third-order valence-corrected chi connectivity index (χ3v) is 5.25. The van der Waals surface area contributed by atoms with Gasteiger partial charge in [0, 0.05) is 62.9 Å². The Morgan fingerprint density at radius 2 is 1.75 bits per heavy atom. The van der Waals surface area contributed by atoms with E-state index in [1.165, 1.54) is 0 Å². The van der Waals surface area contributed by atoms with Crippen LogP contribution in [0, 0.1) is 0 Å². The summed E-state index contributed by atoms with van der Waals surface area (Å²) in [5.74, 6) is 0.915. The van der Waals surface area contributed by atoms with Crippen molar-refractivity contribution in [1.29, 1.82) is 0 Å². The molecule has 1 aliphatic rings. The van der Waals surface area contributed by atoms with Gasteiger partial charge in [-0.1, -0.05) is 18.2 Å². The maximum Gasteiger partial charge on any atom is 0.253 e.